The minimum Gasteiger partial charge on any atom is -0.385 e. The Balaban J connectivity index is 2.12. The SMILES string of the molecule is O=[N+]([O-])CC1=CCC(O)(c2ccccc2)CC1. The minimum absolute atomic E-state index is 0.106. The molecule has 0 amide bonds. The van der Waals surface area contributed by atoms with Crippen LogP contribution in [0.5, 0.6) is 0 Å². The number of hydrogen-bond donors (Lipinski definition) is 1. The molecule has 0 aliphatic heterocycles. The van der Waals surface area contributed by atoms with Crippen LogP contribution in [0, 0.1) is 10.1 Å². The number of nitro groups is 1. The van der Waals surface area contributed by atoms with Gasteiger partial charge in [0, 0.05) is 4.92 Å². The lowest BCUT2D eigenvalue weighted by Crippen LogP contribution is -2.28. The first kappa shape index (κ1) is 11.8. The molecule has 0 saturated heterocycles. The smallest absolute Gasteiger partial charge is 0.224 e. The molecule has 2 rings (SSSR count). The molecular formula is C13H15NO3. The summed E-state index contributed by atoms with van der Waals surface area (Å²) in [6.45, 7) is -0.106. The van der Waals surface area contributed by atoms with Crippen molar-refractivity contribution in [3.05, 3.63) is 57.7 Å². The van der Waals surface area contributed by atoms with Gasteiger partial charge in [-0.25, -0.2) is 0 Å². The molecule has 0 heterocycles. The van der Waals surface area contributed by atoms with Crippen LogP contribution in [0.4, 0.5) is 0 Å². The molecule has 1 atom stereocenters. The van der Waals surface area contributed by atoms with Crippen molar-refractivity contribution < 1.29 is 10.0 Å². The van der Waals surface area contributed by atoms with Crippen molar-refractivity contribution in [2.75, 3.05) is 6.54 Å². The molecule has 0 radical (unpaired) electrons. The second-order valence-electron chi connectivity index (χ2n) is 4.45. The third-order valence-corrected chi connectivity index (χ3v) is 3.23. The molecule has 0 fully saturated rings. The summed E-state index contributed by atoms with van der Waals surface area (Å²) < 4.78 is 0. The van der Waals surface area contributed by atoms with Gasteiger partial charge in [-0.2, -0.15) is 0 Å². The zero-order valence-corrected chi connectivity index (χ0v) is 9.50. The van der Waals surface area contributed by atoms with E-state index < -0.39 is 5.60 Å². The summed E-state index contributed by atoms with van der Waals surface area (Å²) in [5.41, 5.74) is 0.841. The summed E-state index contributed by atoms with van der Waals surface area (Å²) in [4.78, 5) is 10.1. The molecule has 0 bridgehead atoms. The maximum Gasteiger partial charge on any atom is 0.224 e. The summed E-state index contributed by atoms with van der Waals surface area (Å²) in [6, 6.07) is 9.48. The van der Waals surface area contributed by atoms with Crippen molar-refractivity contribution in [1.29, 1.82) is 0 Å². The van der Waals surface area contributed by atoms with Gasteiger partial charge in [-0.15, -0.1) is 0 Å². The Morgan fingerprint density at radius 1 is 1.35 bits per heavy atom. The van der Waals surface area contributed by atoms with E-state index in [1.54, 1.807) is 6.08 Å². The minimum atomic E-state index is -0.860. The Morgan fingerprint density at radius 2 is 2.06 bits per heavy atom. The number of nitrogens with zero attached hydrogens (tertiary/aromatic N) is 1. The average molecular weight is 233 g/mol. The van der Waals surface area contributed by atoms with Crippen molar-refractivity contribution in [2.24, 2.45) is 0 Å². The number of hydrogen-bond acceptors (Lipinski definition) is 3. The van der Waals surface area contributed by atoms with Crippen LogP contribution in [0.15, 0.2) is 42.0 Å². The lowest BCUT2D eigenvalue weighted by Gasteiger charge is -2.31. The van der Waals surface area contributed by atoms with Crippen LogP contribution in [-0.4, -0.2) is 16.6 Å². The normalized spacial score (nSPS) is 24.2. The van der Waals surface area contributed by atoms with Crippen LogP contribution in [0.3, 0.4) is 0 Å². The van der Waals surface area contributed by atoms with Gasteiger partial charge < -0.3 is 5.11 Å². The van der Waals surface area contributed by atoms with Crippen molar-refractivity contribution in [3.63, 3.8) is 0 Å². The third kappa shape index (κ3) is 2.71. The van der Waals surface area contributed by atoms with Gasteiger partial charge in [0.15, 0.2) is 0 Å². The predicted molar refractivity (Wildman–Crippen MR) is 64.1 cm³/mol. The van der Waals surface area contributed by atoms with E-state index in [4.69, 9.17) is 0 Å². The van der Waals surface area contributed by atoms with Crippen LogP contribution < -0.4 is 0 Å². The van der Waals surface area contributed by atoms with Gasteiger partial charge >= 0.3 is 0 Å². The van der Waals surface area contributed by atoms with Crippen LogP contribution in [-0.2, 0) is 5.60 Å². The van der Waals surface area contributed by atoms with Gasteiger partial charge in [0.05, 0.1) is 5.60 Å². The molecule has 0 aromatic heterocycles. The quantitative estimate of drug-likeness (QED) is 0.495. The Hall–Kier alpha value is -1.68. The first-order valence-electron chi connectivity index (χ1n) is 5.68. The fourth-order valence-electron chi connectivity index (χ4n) is 2.20. The average Bonchev–Trinajstić information content (AvgIpc) is 2.33. The summed E-state index contributed by atoms with van der Waals surface area (Å²) in [5.74, 6) is 0. The van der Waals surface area contributed by atoms with E-state index in [9.17, 15) is 15.2 Å². The predicted octanol–water partition coefficient (Wildman–Crippen LogP) is 2.26. The molecule has 1 aromatic carbocycles. The summed E-state index contributed by atoms with van der Waals surface area (Å²) in [6.07, 6.45) is 3.41. The second kappa shape index (κ2) is 4.67. The van der Waals surface area contributed by atoms with Gasteiger partial charge in [0.25, 0.3) is 0 Å². The lowest BCUT2D eigenvalue weighted by molar-refractivity contribution is -0.471. The molecule has 0 spiro atoms. The molecule has 1 aromatic rings. The zero-order chi connectivity index (χ0) is 12.3. The topological polar surface area (TPSA) is 63.4 Å². The van der Waals surface area contributed by atoms with Gasteiger partial charge in [0.1, 0.15) is 0 Å². The van der Waals surface area contributed by atoms with Crippen LogP contribution in [0.25, 0.3) is 0 Å². The Kier molecular flexibility index (Phi) is 3.24. The first-order chi connectivity index (χ1) is 8.10. The molecule has 17 heavy (non-hydrogen) atoms. The van der Waals surface area contributed by atoms with E-state index in [1.165, 1.54) is 0 Å². The molecule has 4 nitrogen and oxygen atoms in total. The van der Waals surface area contributed by atoms with Crippen molar-refractivity contribution in [2.45, 2.75) is 24.9 Å². The molecule has 1 aliphatic rings. The van der Waals surface area contributed by atoms with E-state index in [0.29, 0.717) is 19.3 Å². The maximum atomic E-state index is 10.5. The standard InChI is InChI=1S/C13H15NO3/c15-13(12-4-2-1-3-5-12)8-6-11(7-9-13)10-14(16)17/h1-6,15H,7-10H2. The largest absolute Gasteiger partial charge is 0.385 e. The zero-order valence-electron chi connectivity index (χ0n) is 9.50. The van der Waals surface area contributed by atoms with E-state index >= 15 is 0 Å². The maximum absolute atomic E-state index is 10.5. The van der Waals surface area contributed by atoms with Crippen molar-refractivity contribution in [3.8, 4) is 0 Å². The van der Waals surface area contributed by atoms with E-state index in [2.05, 4.69) is 0 Å². The summed E-state index contributed by atoms with van der Waals surface area (Å²) in [5, 5.41) is 20.9. The van der Waals surface area contributed by atoms with Crippen LogP contribution in [0.2, 0.25) is 0 Å². The molecule has 1 unspecified atom stereocenters. The lowest BCUT2D eigenvalue weighted by atomic mass is 9.80. The number of aliphatic hydroxyl groups is 1. The van der Waals surface area contributed by atoms with Gasteiger partial charge in [-0.05, 0) is 30.4 Å². The fourth-order valence-corrected chi connectivity index (χ4v) is 2.20. The van der Waals surface area contributed by atoms with Crippen molar-refractivity contribution >= 4 is 0 Å². The number of benzene rings is 1. The van der Waals surface area contributed by atoms with Crippen molar-refractivity contribution in [1.82, 2.24) is 0 Å². The summed E-state index contributed by atoms with van der Waals surface area (Å²) >= 11 is 0. The highest BCUT2D eigenvalue weighted by Gasteiger charge is 2.31. The Labute approximate surface area is 99.7 Å². The molecule has 1 N–H and O–H groups in total. The first-order valence-corrected chi connectivity index (χ1v) is 5.68. The molecular weight excluding hydrogens is 218 g/mol. The van der Waals surface area contributed by atoms with E-state index in [1.807, 2.05) is 30.3 Å². The fraction of sp³-hybridized carbons (Fsp3) is 0.385. The third-order valence-electron chi connectivity index (χ3n) is 3.23. The highest BCUT2D eigenvalue weighted by Crippen LogP contribution is 2.36. The summed E-state index contributed by atoms with van der Waals surface area (Å²) in [7, 11) is 0. The van der Waals surface area contributed by atoms with E-state index in [0.717, 1.165) is 11.1 Å². The molecule has 1 aliphatic carbocycles. The Bertz CT molecular complexity index is 441. The van der Waals surface area contributed by atoms with Crippen LogP contribution >= 0.6 is 0 Å². The second-order valence-corrected chi connectivity index (χ2v) is 4.45. The monoisotopic (exact) mass is 233 g/mol. The van der Waals surface area contributed by atoms with Gasteiger partial charge in [-0.1, -0.05) is 36.4 Å². The van der Waals surface area contributed by atoms with Gasteiger partial charge in [-0.3, -0.25) is 10.1 Å². The molecule has 90 valence electrons. The molecule has 0 saturated carbocycles. The highest BCUT2D eigenvalue weighted by molar-refractivity contribution is 5.26. The number of rotatable bonds is 3. The van der Waals surface area contributed by atoms with Crippen LogP contribution in [0.1, 0.15) is 24.8 Å². The Morgan fingerprint density at radius 3 is 2.59 bits per heavy atom. The van der Waals surface area contributed by atoms with Gasteiger partial charge in [0.2, 0.25) is 6.54 Å². The van der Waals surface area contributed by atoms with E-state index in [-0.39, 0.29) is 11.5 Å². The molecule has 4 heteroatoms. The highest BCUT2D eigenvalue weighted by atomic mass is 16.6.